The van der Waals surface area contributed by atoms with Crippen molar-refractivity contribution in [2.24, 2.45) is 0 Å². The maximum absolute atomic E-state index is 14.0. The van der Waals surface area contributed by atoms with E-state index in [0.29, 0.717) is 5.69 Å². The van der Waals surface area contributed by atoms with Gasteiger partial charge in [0.05, 0.1) is 10.6 Å². The second kappa shape index (κ2) is 12.0. The predicted molar refractivity (Wildman–Crippen MR) is 156 cm³/mol. The van der Waals surface area contributed by atoms with Crippen molar-refractivity contribution >= 4 is 27.5 Å². The van der Waals surface area contributed by atoms with Crippen LogP contribution in [0.25, 0.3) is 0 Å². The van der Waals surface area contributed by atoms with Gasteiger partial charge in [-0.1, -0.05) is 54.1 Å². The minimum atomic E-state index is -4.09. The summed E-state index contributed by atoms with van der Waals surface area (Å²) in [6.45, 7) is 12.7. The van der Waals surface area contributed by atoms with Crippen molar-refractivity contribution in [2.45, 2.75) is 71.5 Å². The molecule has 0 aromatic heterocycles. The van der Waals surface area contributed by atoms with E-state index < -0.39 is 34.1 Å². The molecular weight excluding hydrogens is 510 g/mol. The molecule has 0 fully saturated rings. The lowest BCUT2D eigenvalue weighted by molar-refractivity contribution is -0.140. The minimum Gasteiger partial charge on any atom is -0.350 e. The lowest BCUT2D eigenvalue weighted by atomic mass is 10.1. The topological polar surface area (TPSA) is 86.8 Å². The summed E-state index contributed by atoms with van der Waals surface area (Å²) in [7, 11) is -4.09. The zero-order chi connectivity index (χ0) is 29.0. The van der Waals surface area contributed by atoms with E-state index in [-0.39, 0.29) is 17.3 Å². The Balaban J connectivity index is 2.05. The molecule has 0 radical (unpaired) electrons. The molecule has 0 aliphatic rings. The van der Waals surface area contributed by atoms with Crippen LogP contribution in [0.4, 0.5) is 5.69 Å². The quantitative estimate of drug-likeness (QED) is 0.401. The van der Waals surface area contributed by atoms with Gasteiger partial charge in [-0.05, 0) is 89.4 Å². The number of aryl methyl sites for hydroxylation is 3. The summed E-state index contributed by atoms with van der Waals surface area (Å²) < 4.78 is 29.0. The fourth-order valence-electron chi connectivity index (χ4n) is 4.08. The van der Waals surface area contributed by atoms with E-state index in [0.717, 1.165) is 26.6 Å². The number of sulfonamides is 1. The highest BCUT2D eigenvalue weighted by Crippen LogP contribution is 2.27. The van der Waals surface area contributed by atoms with E-state index in [9.17, 15) is 18.0 Å². The molecule has 3 aromatic carbocycles. The molecule has 0 aliphatic heterocycles. The Kier molecular flexibility index (Phi) is 9.22. The van der Waals surface area contributed by atoms with Crippen molar-refractivity contribution in [3.05, 3.63) is 95.1 Å². The standard InChI is InChI=1S/C31H39N3O4S/c1-22-13-17-28(18-14-22)39(37,38)34(27-16-15-23(2)24(3)19-27)21-29(35)33(20-26-11-9-8-10-12-26)25(4)30(36)32-31(5,6)7/h8-19,25H,20-21H2,1-7H3,(H,32,36)/t25-/m1/s1. The maximum Gasteiger partial charge on any atom is 0.264 e. The maximum atomic E-state index is 14.0. The van der Waals surface area contributed by atoms with E-state index in [1.165, 1.54) is 4.90 Å². The van der Waals surface area contributed by atoms with E-state index >= 15 is 0 Å². The van der Waals surface area contributed by atoms with Crippen molar-refractivity contribution in [3.8, 4) is 0 Å². The van der Waals surface area contributed by atoms with Crippen molar-refractivity contribution in [1.82, 2.24) is 10.2 Å². The van der Waals surface area contributed by atoms with Gasteiger partial charge >= 0.3 is 0 Å². The van der Waals surface area contributed by atoms with Gasteiger partial charge in [-0.15, -0.1) is 0 Å². The summed E-state index contributed by atoms with van der Waals surface area (Å²) >= 11 is 0. The molecule has 0 saturated heterocycles. The molecular formula is C31H39N3O4S. The van der Waals surface area contributed by atoms with Crippen LogP contribution in [0.1, 0.15) is 49.9 Å². The Labute approximate surface area is 232 Å². The summed E-state index contributed by atoms with van der Waals surface area (Å²) in [6, 6.07) is 20.4. The fourth-order valence-corrected chi connectivity index (χ4v) is 5.49. The van der Waals surface area contributed by atoms with E-state index in [1.807, 2.05) is 77.9 Å². The highest BCUT2D eigenvalue weighted by Gasteiger charge is 2.33. The van der Waals surface area contributed by atoms with Crippen molar-refractivity contribution in [1.29, 1.82) is 0 Å². The molecule has 8 heteroatoms. The molecule has 208 valence electrons. The lowest BCUT2D eigenvalue weighted by Gasteiger charge is -2.33. The Hall–Kier alpha value is -3.65. The third-order valence-electron chi connectivity index (χ3n) is 6.53. The van der Waals surface area contributed by atoms with Gasteiger partial charge in [0, 0.05) is 12.1 Å². The summed E-state index contributed by atoms with van der Waals surface area (Å²) in [4.78, 5) is 28.6. The first-order valence-corrected chi connectivity index (χ1v) is 14.4. The van der Waals surface area contributed by atoms with Crippen LogP contribution >= 0.6 is 0 Å². The fraction of sp³-hybridized carbons (Fsp3) is 0.355. The van der Waals surface area contributed by atoms with Gasteiger partial charge in [0.15, 0.2) is 0 Å². The number of nitrogens with one attached hydrogen (secondary N) is 1. The third-order valence-corrected chi connectivity index (χ3v) is 8.32. The monoisotopic (exact) mass is 549 g/mol. The molecule has 39 heavy (non-hydrogen) atoms. The van der Waals surface area contributed by atoms with Crippen molar-refractivity contribution in [3.63, 3.8) is 0 Å². The molecule has 0 unspecified atom stereocenters. The summed E-state index contributed by atoms with van der Waals surface area (Å²) in [5, 5.41) is 2.94. The summed E-state index contributed by atoms with van der Waals surface area (Å²) in [6.07, 6.45) is 0. The number of amides is 2. The number of nitrogens with zero attached hydrogens (tertiary/aromatic N) is 2. The molecule has 0 heterocycles. The van der Waals surface area contributed by atoms with Crippen LogP contribution in [0.3, 0.4) is 0 Å². The van der Waals surface area contributed by atoms with Crippen LogP contribution in [-0.2, 0) is 26.2 Å². The second-order valence-electron chi connectivity index (χ2n) is 11.0. The average Bonchev–Trinajstić information content (AvgIpc) is 2.86. The van der Waals surface area contributed by atoms with Crippen LogP contribution in [0.15, 0.2) is 77.7 Å². The predicted octanol–water partition coefficient (Wildman–Crippen LogP) is 5.14. The Morgan fingerprint density at radius 2 is 1.49 bits per heavy atom. The number of rotatable bonds is 9. The molecule has 2 amide bonds. The Bertz CT molecular complexity index is 1410. The van der Waals surface area contributed by atoms with Gasteiger partial charge in [0.2, 0.25) is 11.8 Å². The van der Waals surface area contributed by atoms with Gasteiger partial charge in [-0.25, -0.2) is 8.42 Å². The molecule has 3 aromatic rings. The molecule has 7 nitrogen and oxygen atoms in total. The number of anilines is 1. The smallest absolute Gasteiger partial charge is 0.264 e. The second-order valence-corrected chi connectivity index (χ2v) is 12.9. The highest BCUT2D eigenvalue weighted by molar-refractivity contribution is 7.92. The summed E-state index contributed by atoms with van der Waals surface area (Å²) in [5.41, 5.74) is 3.57. The Morgan fingerprint density at radius 1 is 0.872 bits per heavy atom. The van der Waals surface area contributed by atoms with Crippen molar-refractivity contribution in [2.75, 3.05) is 10.8 Å². The Morgan fingerprint density at radius 3 is 2.05 bits per heavy atom. The number of hydrogen-bond acceptors (Lipinski definition) is 4. The van der Waals surface area contributed by atoms with E-state index in [2.05, 4.69) is 5.32 Å². The summed E-state index contributed by atoms with van der Waals surface area (Å²) in [5.74, 6) is -0.796. The first kappa shape index (κ1) is 29.9. The van der Waals surface area contributed by atoms with E-state index in [1.54, 1.807) is 43.3 Å². The highest BCUT2D eigenvalue weighted by atomic mass is 32.2. The zero-order valence-electron chi connectivity index (χ0n) is 23.9. The zero-order valence-corrected chi connectivity index (χ0v) is 24.7. The minimum absolute atomic E-state index is 0.0901. The molecule has 3 rings (SSSR count). The SMILES string of the molecule is Cc1ccc(S(=O)(=O)N(CC(=O)N(Cc2ccccc2)[C@H](C)C(=O)NC(C)(C)C)c2ccc(C)c(C)c2)cc1. The van der Waals surface area contributed by atoms with Crippen LogP contribution in [-0.4, -0.2) is 43.3 Å². The molecule has 0 spiro atoms. The van der Waals surface area contributed by atoms with Gasteiger partial charge in [-0.2, -0.15) is 0 Å². The molecule has 0 bridgehead atoms. The van der Waals surface area contributed by atoms with Gasteiger partial charge in [0.1, 0.15) is 12.6 Å². The molecule has 1 atom stereocenters. The van der Waals surface area contributed by atoms with E-state index in [4.69, 9.17) is 0 Å². The first-order chi connectivity index (χ1) is 18.2. The average molecular weight is 550 g/mol. The largest absolute Gasteiger partial charge is 0.350 e. The first-order valence-electron chi connectivity index (χ1n) is 13.0. The van der Waals surface area contributed by atoms with Crippen LogP contribution in [0.2, 0.25) is 0 Å². The molecule has 0 aliphatic carbocycles. The number of carbonyl (C=O) groups is 2. The van der Waals surface area contributed by atoms with Crippen LogP contribution < -0.4 is 9.62 Å². The van der Waals surface area contributed by atoms with Gasteiger partial charge in [-0.3, -0.25) is 13.9 Å². The van der Waals surface area contributed by atoms with Crippen molar-refractivity contribution < 1.29 is 18.0 Å². The normalized spacial score (nSPS) is 12.5. The molecule has 1 N–H and O–H groups in total. The number of hydrogen-bond donors (Lipinski definition) is 1. The third kappa shape index (κ3) is 7.69. The van der Waals surface area contributed by atoms with Gasteiger partial charge in [0.25, 0.3) is 10.0 Å². The lowest BCUT2D eigenvalue weighted by Crippen LogP contribution is -2.54. The number of carbonyl (C=O) groups excluding carboxylic acids is 2. The number of benzene rings is 3. The van der Waals surface area contributed by atoms with Crippen LogP contribution in [0, 0.1) is 20.8 Å². The van der Waals surface area contributed by atoms with Crippen LogP contribution in [0.5, 0.6) is 0 Å². The molecule has 0 saturated carbocycles. The van der Waals surface area contributed by atoms with Gasteiger partial charge < -0.3 is 10.2 Å².